The fourth-order valence-electron chi connectivity index (χ4n) is 2.68. The van der Waals surface area contributed by atoms with Crippen molar-refractivity contribution in [3.63, 3.8) is 0 Å². The summed E-state index contributed by atoms with van der Waals surface area (Å²) in [4.78, 5) is 0. The summed E-state index contributed by atoms with van der Waals surface area (Å²) in [5.41, 5.74) is 10.1. The van der Waals surface area contributed by atoms with E-state index in [4.69, 9.17) is 14.6 Å². The average molecular weight is 243 g/mol. The van der Waals surface area contributed by atoms with Gasteiger partial charge in [-0.15, -0.1) is 0 Å². The molecule has 2 heterocycles. The number of aryl methyl sites for hydroxylation is 3. The lowest BCUT2D eigenvalue weighted by Gasteiger charge is -2.09. The lowest BCUT2D eigenvalue weighted by atomic mass is 9.98. The predicted octanol–water partition coefficient (Wildman–Crippen LogP) is 4.12. The van der Waals surface area contributed by atoms with Gasteiger partial charge in [-0.3, -0.25) is 0 Å². The fourth-order valence-corrected chi connectivity index (χ4v) is 2.68. The van der Waals surface area contributed by atoms with Gasteiger partial charge in [-0.05, 0) is 39.8 Å². The van der Waals surface area contributed by atoms with Gasteiger partial charge in [0.15, 0.2) is 0 Å². The molecule has 0 spiro atoms. The highest BCUT2D eigenvalue weighted by Crippen LogP contribution is 2.38. The van der Waals surface area contributed by atoms with E-state index < -0.39 is 0 Å². The van der Waals surface area contributed by atoms with Crippen molar-refractivity contribution in [2.24, 2.45) is 5.73 Å². The Morgan fingerprint density at radius 3 is 2.11 bits per heavy atom. The van der Waals surface area contributed by atoms with Gasteiger partial charge in [-0.1, -0.05) is 0 Å². The van der Waals surface area contributed by atoms with E-state index in [1.807, 2.05) is 32.9 Å². The van der Waals surface area contributed by atoms with Gasteiger partial charge in [0.2, 0.25) is 0 Å². The molecule has 0 bridgehead atoms. The first-order valence-electron chi connectivity index (χ1n) is 6.17. The maximum absolute atomic E-state index is 6.11. The third kappa shape index (κ3) is 1.40. The van der Waals surface area contributed by atoms with Gasteiger partial charge in [0, 0.05) is 27.9 Å². The SMILES string of the molecule is Cc1cc2c(C(C)N)c3oc(C)cc3c(C)c2o1. The Morgan fingerprint density at radius 2 is 1.50 bits per heavy atom. The van der Waals surface area contributed by atoms with Gasteiger partial charge < -0.3 is 14.6 Å². The fraction of sp³-hybridized carbons (Fsp3) is 0.333. The van der Waals surface area contributed by atoms with Crippen molar-refractivity contribution >= 4 is 21.9 Å². The van der Waals surface area contributed by atoms with E-state index in [2.05, 4.69) is 6.92 Å². The van der Waals surface area contributed by atoms with Gasteiger partial charge in [0.25, 0.3) is 0 Å². The molecule has 1 atom stereocenters. The molecule has 0 amide bonds. The van der Waals surface area contributed by atoms with Crippen LogP contribution < -0.4 is 5.73 Å². The highest BCUT2D eigenvalue weighted by molar-refractivity contribution is 6.02. The number of fused-ring (bicyclic) bond motifs is 2. The summed E-state index contributed by atoms with van der Waals surface area (Å²) in [5, 5.41) is 2.17. The second kappa shape index (κ2) is 3.62. The van der Waals surface area contributed by atoms with Crippen LogP contribution in [0, 0.1) is 20.8 Å². The van der Waals surface area contributed by atoms with E-state index in [0.717, 1.165) is 44.6 Å². The molecular formula is C15H17NO2. The molecule has 0 aliphatic carbocycles. The van der Waals surface area contributed by atoms with E-state index in [-0.39, 0.29) is 6.04 Å². The van der Waals surface area contributed by atoms with E-state index in [1.54, 1.807) is 0 Å². The van der Waals surface area contributed by atoms with Crippen LogP contribution in [0.4, 0.5) is 0 Å². The molecule has 3 nitrogen and oxygen atoms in total. The second-order valence-corrected chi connectivity index (χ2v) is 5.03. The van der Waals surface area contributed by atoms with E-state index in [1.165, 1.54) is 0 Å². The van der Waals surface area contributed by atoms with Crippen molar-refractivity contribution in [1.82, 2.24) is 0 Å². The van der Waals surface area contributed by atoms with Crippen LogP contribution >= 0.6 is 0 Å². The van der Waals surface area contributed by atoms with E-state index in [9.17, 15) is 0 Å². The van der Waals surface area contributed by atoms with Gasteiger partial charge in [0.1, 0.15) is 22.7 Å². The standard InChI is InChI=1S/C15H17NO2/c1-7-5-11-9(3)14-12(6-8(2)17-14)13(10(4)16)15(11)18-7/h5-6,10H,16H2,1-4H3. The van der Waals surface area contributed by atoms with Crippen LogP contribution in [0.5, 0.6) is 0 Å². The zero-order valence-electron chi connectivity index (χ0n) is 11.1. The van der Waals surface area contributed by atoms with Crippen LogP contribution in [0.3, 0.4) is 0 Å². The molecule has 3 rings (SSSR count). The lowest BCUT2D eigenvalue weighted by Crippen LogP contribution is -2.06. The third-order valence-electron chi connectivity index (χ3n) is 3.45. The molecule has 2 N–H and O–H groups in total. The Bertz CT molecular complexity index is 689. The minimum Gasteiger partial charge on any atom is -0.461 e. The summed E-state index contributed by atoms with van der Waals surface area (Å²) in [5.74, 6) is 1.80. The quantitative estimate of drug-likeness (QED) is 0.699. The molecule has 2 aromatic heterocycles. The molecule has 1 unspecified atom stereocenters. The van der Waals surface area contributed by atoms with Crippen LogP contribution in [-0.2, 0) is 0 Å². The summed E-state index contributed by atoms with van der Waals surface area (Å²) in [6, 6.07) is 4.00. The number of rotatable bonds is 1. The molecule has 18 heavy (non-hydrogen) atoms. The average Bonchev–Trinajstić information content (AvgIpc) is 2.81. The predicted molar refractivity (Wildman–Crippen MR) is 72.8 cm³/mol. The van der Waals surface area contributed by atoms with Crippen LogP contribution in [0.25, 0.3) is 21.9 Å². The maximum Gasteiger partial charge on any atom is 0.140 e. The molecule has 0 radical (unpaired) electrons. The Labute approximate surface area is 106 Å². The van der Waals surface area contributed by atoms with Crippen molar-refractivity contribution in [2.45, 2.75) is 33.7 Å². The Hall–Kier alpha value is -1.74. The van der Waals surface area contributed by atoms with Crippen molar-refractivity contribution in [3.8, 4) is 0 Å². The molecule has 0 saturated heterocycles. The molecule has 0 aliphatic heterocycles. The highest BCUT2D eigenvalue weighted by atomic mass is 16.3. The smallest absolute Gasteiger partial charge is 0.140 e. The first kappa shape index (κ1) is 11.4. The highest BCUT2D eigenvalue weighted by Gasteiger charge is 2.20. The first-order valence-corrected chi connectivity index (χ1v) is 6.17. The summed E-state index contributed by atoms with van der Waals surface area (Å²) in [7, 11) is 0. The molecule has 3 heteroatoms. The normalized spacial score (nSPS) is 13.6. The second-order valence-electron chi connectivity index (χ2n) is 5.03. The van der Waals surface area contributed by atoms with Crippen LogP contribution in [0.2, 0.25) is 0 Å². The first-order chi connectivity index (χ1) is 8.49. The summed E-state index contributed by atoms with van der Waals surface area (Å²) in [6.07, 6.45) is 0. The molecular weight excluding hydrogens is 226 g/mol. The molecule has 3 aromatic rings. The van der Waals surface area contributed by atoms with Crippen molar-refractivity contribution in [2.75, 3.05) is 0 Å². The van der Waals surface area contributed by atoms with Gasteiger partial charge in [-0.2, -0.15) is 0 Å². The van der Waals surface area contributed by atoms with Crippen molar-refractivity contribution in [3.05, 3.63) is 34.8 Å². The van der Waals surface area contributed by atoms with Crippen molar-refractivity contribution < 1.29 is 8.83 Å². The van der Waals surface area contributed by atoms with Crippen molar-refractivity contribution in [1.29, 1.82) is 0 Å². The molecule has 1 aromatic carbocycles. The Kier molecular flexibility index (Phi) is 2.29. The third-order valence-corrected chi connectivity index (χ3v) is 3.45. The summed E-state index contributed by atoms with van der Waals surface area (Å²) in [6.45, 7) is 7.95. The summed E-state index contributed by atoms with van der Waals surface area (Å²) >= 11 is 0. The maximum atomic E-state index is 6.11. The van der Waals surface area contributed by atoms with Crippen LogP contribution in [-0.4, -0.2) is 0 Å². The molecule has 0 saturated carbocycles. The van der Waals surface area contributed by atoms with Gasteiger partial charge in [0.05, 0.1) is 0 Å². The Balaban J connectivity index is 2.60. The number of nitrogens with two attached hydrogens (primary N) is 1. The Morgan fingerprint density at radius 1 is 0.944 bits per heavy atom. The molecule has 0 fully saturated rings. The largest absolute Gasteiger partial charge is 0.461 e. The minimum absolute atomic E-state index is 0.0850. The van der Waals surface area contributed by atoms with Gasteiger partial charge >= 0.3 is 0 Å². The monoisotopic (exact) mass is 243 g/mol. The molecule has 94 valence electrons. The molecule has 0 aliphatic rings. The lowest BCUT2D eigenvalue weighted by molar-refractivity contribution is 0.569. The van der Waals surface area contributed by atoms with Gasteiger partial charge in [-0.25, -0.2) is 0 Å². The van der Waals surface area contributed by atoms with Crippen LogP contribution in [0.15, 0.2) is 21.0 Å². The van der Waals surface area contributed by atoms with E-state index >= 15 is 0 Å². The van der Waals surface area contributed by atoms with E-state index in [0.29, 0.717) is 0 Å². The zero-order chi connectivity index (χ0) is 13.0. The van der Waals surface area contributed by atoms with Crippen LogP contribution in [0.1, 0.15) is 35.6 Å². The summed E-state index contributed by atoms with van der Waals surface area (Å²) < 4.78 is 11.6. The number of benzene rings is 1. The minimum atomic E-state index is -0.0850. The topological polar surface area (TPSA) is 52.3 Å². The number of furan rings is 2. The zero-order valence-corrected chi connectivity index (χ0v) is 11.1. The number of hydrogen-bond acceptors (Lipinski definition) is 3. The number of hydrogen-bond donors (Lipinski definition) is 1.